The molecule has 2 heterocycles. The molecule has 0 aliphatic carbocycles. The first kappa shape index (κ1) is 13.0. The van der Waals surface area contributed by atoms with Gasteiger partial charge in [0.1, 0.15) is 5.78 Å². The maximum atomic E-state index is 11.9. The molecule has 0 spiro atoms. The van der Waals surface area contributed by atoms with Crippen LogP contribution in [0.25, 0.3) is 0 Å². The lowest BCUT2D eigenvalue weighted by molar-refractivity contribution is -0.118. The molecule has 0 radical (unpaired) electrons. The summed E-state index contributed by atoms with van der Waals surface area (Å²) in [6, 6.07) is 8.12. The average Bonchev–Trinajstić information content (AvgIpc) is 2.85. The minimum Gasteiger partial charge on any atom is -0.299 e. The van der Waals surface area contributed by atoms with Gasteiger partial charge in [0.2, 0.25) is 0 Å². The topological polar surface area (TPSA) is 30.0 Å². The second-order valence-electron chi connectivity index (χ2n) is 4.30. The summed E-state index contributed by atoms with van der Waals surface area (Å²) < 4.78 is 0. The van der Waals surface area contributed by atoms with Gasteiger partial charge in [-0.15, -0.1) is 11.3 Å². The third kappa shape index (κ3) is 3.77. The van der Waals surface area contributed by atoms with E-state index in [1.165, 1.54) is 9.75 Å². The number of hydrogen-bond donors (Lipinski definition) is 0. The van der Waals surface area contributed by atoms with Crippen LogP contribution in [0, 0.1) is 0 Å². The number of carbonyl (C=O) groups excluding carboxylic acids is 1. The van der Waals surface area contributed by atoms with Gasteiger partial charge < -0.3 is 0 Å². The quantitative estimate of drug-likeness (QED) is 0.795. The molecule has 3 heteroatoms. The minimum atomic E-state index is 0.309. The first-order valence-electron chi connectivity index (χ1n) is 6.26. The van der Waals surface area contributed by atoms with Crippen LogP contribution < -0.4 is 0 Å². The number of rotatable bonds is 6. The molecule has 0 aromatic carbocycles. The van der Waals surface area contributed by atoms with Crippen molar-refractivity contribution in [1.82, 2.24) is 4.98 Å². The fourth-order valence-electron chi connectivity index (χ4n) is 1.82. The molecule has 2 aromatic rings. The van der Waals surface area contributed by atoms with Gasteiger partial charge in [-0.05, 0) is 36.6 Å². The molecule has 0 bridgehead atoms. The number of pyridine rings is 1. The van der Waals surface area contributed by atoms with E-state index in [9.17, 15) is 4.79 Å². The Bertz CT molecular complexity index is 504. The fraction of sp³-hybridized carbons (Fsp3) is 0.333. The molecule has 2 rings (SSSR count). The second kappa shape index (κ2) is 6.45. The summed E-state index contributed by atoms with van der Waals surface area (Å²) in [5, 5.41) is 0. The van der Waals surface area contributed by atoms with E-state index in [1.807, 2.05) is 18.3 Å². The zero-order chi connectivity index (χ0) is 12.8. The van der Waals surface area contributed by atoms with Gasteiger partial charge in [-0.3, -0.25) is 9.78 Å². The van der Waals surface area contributed by atoms with Crippen molar-refractivity contribution in [1.29, 1.82) is 0 Å². The number of aromatic nitrogens is 1. The normalized spacial score (nSPS) is 10.5. The average molecular weight is 259 g/mol. The first-order valence-corrected chi connectivity index (χ1v) is 7.07. The van der Waals surface area contributed by atoms with Gasteiger partial charge in [0.15, 0.2) is 0 Å². The second-order valence-corrected chi connectivity index (χ2v) is 5.55. The third-order valence-electron chi connectivity index (χ3n) is 2.85. The van der Waals surface area contributed by atoms with Gasteiger partial charge in [-0.25, -0.2) is 0 Å². The zero-order valence-electron chi connectivity index (χ0n) is 10.6. The molecule has 2 aromatic heterocycles. The Hall–Kier alpha value is -1.48. The van der Waals surface area contributed by atoms with Gasteiger partial charge in [0.05, 0.1) is 0 Å². The van der Waals surface area contributed by atoms with Gasteiger partial charge in [-0.2, -0.15) is 0 Å². The maximum absolute atomic E-state index is 11.9. The molecular formula is C15H17NOS. The van der Waals surface area contributed by atoms with Crippen molar-refractivity contribution in [3.63, 3.8) is 0 Å². The largest absolute Gasteiger partial charge is 0.299 e. The van der Waals surface area contributed by atoms with Crippen LogP contribution in [0.4, 0.5) is 0 Å². The highest BCUT2D eigenvalue weighted by Gasteiger charge is 2.06. The number of aryl methyl sites for hydroxylation is 2. The number of ketones is 1. The molecular weight excluding hydrogens is 242 g/mol. The molecule has 0 unspecified atom stereocenters. The Morgan fingerprint density at radius 2 is 2.11 bits per heavy atom. The van der Waals surface area contributed by atoms with Crippen molar-refractivity contribution < 1.29 is 4.79 Å². The Balaban J connectivity index is 1.82. The van der Waals surface area contributed by atoms with Crippen molar-refractivity contribution in [3.8, 4) is 0 Å². The molecule has 0 amide bonds. The summed E-state index contributed by atoms with van der Waals surface area (Å²) in [6.45, 7) is 2.14. The summed E-state index contributed by atoms with van der Waals surface area (Å²) in [7, 11) is 0. The zero-order valence-corrected chi connectivity index (χ0v) is 11.4. The summed E-state index contributed by atoms with van der Waals surface area (Å²) in [5.74, 6) is 0.309. The van der Waals surface area contributed by atoms with Crippen LogP contribution in [0.5, 0.6) is 0 Å². The molecule has 0 aliphatic heterocycles. The lowest BCUT2D eigenvalue weighted by atomic mass is 10.1. The lowest BCUT2D eigenvalue weighted by Gasteiger charge is -1.99. The fourth-order valence-corrected chi connectivity index (χ4v) is 2.81. The predicted octanol–water partition coefficient (Wildman–Crippen LogP) is 3.45. The maximum Gasteiger partial charge on any atom is 0.138 e. The van der Waals surface area contributed by atoms with E-state index in [2.05, 4.69) is 24.0 Å². The van der Waals surface area contributed by atoms with E-state index in [0.29, 0.717) is 18.6 Å². The number of thiophene rings is 1. The number of Topliss-reactive ketones (excluding diaryl/α,β-unsaturated/α-hetero) is 1. The van der Waals surface area contributed by atoms with Gasteiger partial charge in [0.25, 0.3) is 0 Å². The Labute approximate surface area is 112 Å². The molecule has 0 atom stereocenters. The number of nitrogens with zero attached hydrogens (tertiary/aromatic N) is 1. The van der Waals surface area contributed by atoms with Crippen molar-refractivity contribution in [2.45, 2.75) is 32.6 Å². The molecule has 0 saturated heterocycles. The Kier molecular flexibility index (Phi) is 4.65. The van der Waals surface area contributed by atoms with Crippen LogP contribution in [-0.2, 0) is 24.1 Å². The van der Waals surface area contributed by atoms with E-state index in [0.717, 1.165) is 18.4 Å². The van der Waals surface area contributed by atoms with Crippen molar-refractivity contribution in [3.05, 3.63) is 52.0 Å². The van der Waals surface area contributed by atoms with E-state index < -0.39 is 0 Å². The monoisotopic (exact) mass is 259 g/mol. The SMILES string of the molecule is CCc1ccc(CC(=O)CCc2cccnc2)s1. The predicted molar refractivity (Wildman–Crippen MR) is 75.0 cm³/mol. The summed E-state index contributed by atoms with van der Waals surface area (Å²) in [6.07, 6.45) is 6.60. The summed E-state index contributed by atoms with van der Waals surface area (Å²) in [5.41, 5.74) is 1.13. The van der Waals surface area contributed by atoms with Crippen molar-refractivity contribution >= 4 is 17.1 Å². The van der Waals surface area contributed by atoms with Crippen molar-refractivity contribution in [2.24, 2.45) is 0 Å². The first-order chi connectivity index (χ1) is 8.78. The minimum absolute atomic E-state index is 0.309. The van der Waals surface area contributed by atoms with Crippen LogP contribution in [0.15, 0.2) is 36.7 Å². The van der Waals surface area contributed by atoms with E-state index in [-0.39, 0.29) is 0 Å². The van der Waals surface area contributed by atoms with Crippen LogP contribution in [0.2, 0.25) is 0 Å². The van der Waals surface area contributed by atoms with Crippen LogP contribution in [0.1, 0.15) is 28.7 Å². The highest BCUT2D eigenvalue weighted by molar-refractivity contribution is 7.12. The molecule has 0 saturated carbocycles. The third-order valence-corrected chi connectivity index (χ3v) is 4.08. The number of hydrogen-bond acceptors (Lipinski definition) is 3. The van der Waals surface area contributed by atoms with Crippen molar-refractivity contribution in [2.75, 3.05) is 0 Å². The van der Waals surface area contributed by atoms with Crippen LogP contribution >= 0.6 is 11.3 Å². The smallest absolute Gasteiger partial charge is 0.138 e. The van der Waals surface area contributed by atoms with Gasteiger partial charge in [0, 0.05) is 35.0 Å². The lowest BCUT2D eigenvalue weighted by Crippen LogP contribution is -2.03. The van der Waals surface area contributed by atoms with E-state index in [4.69, 9.17) is 0 Å². The molecule has 0 aliphatic rings. The molecule has 94 valence electrons. The van der Waals surface area contributed by atoms with Crippen LogP contribution in [0.3, 0.4) is 0 Å². The van der Waals surface area contributed by atoms with E-state index >= 15 is 0 Å². The molecule has 0 N–H and O–H groups in total. The van der Waals surface area contributed by atoms with Gasteiger partial charge in [-0.1, -0.05) is 13.0 Å². The molecule has 0 fully saturated rings. The Morgan fingerprint density at radius 3 is 2.78 bits per heavy atom. The van der Waals surface area contributed by atoms with E-state index in [1.54, 1.807) is 17.5 Å². The standard InChI is InChI=1S/C15H17NOS/c1-2-14-7-8-15(18-14)10-13(17)6-5-12-4-3-9-16-11-12/h3-4,7-9,11H,2,5-6,10H2,1H3. The summed E-state index contributed by atoms with van der Waals surface area (Å²) in [4.78, 5) is 18.5. The Morgan fingerprint density at radius 1 is 1.28 bits per heavy atom. The van der Waals surface area contributed by atoms with Gasteiger partial charge >= 0.3 is 0 Å². The highest BCUT2D eigenvalue weighted by atomic mass is 32.1. The summed E-state index contributed by atoms with van der Waals surface area (Å²) >= 11 is 1.75. The molecule has 2 nitrogen and oxygen atoms in total. The number of carbonyl (C=O) groups is 1. The molecule has 18 heavy (non-hydrogen) atoms. The highest BCUT2D eigenvalue weighted by Crippen LogP contribution is 2.18. The van der Waals surface area contributed by atoms with Crippen LogP contribution in [-0.4, -0.2) is 10.8 Å².